The maximum Gasteiger partial charge on any atom is 0.191 e. The van der Waals surface area contributed by atoms with Gasteiger partial charge in [-0.25, -0.2) is 4.99 Å². The Balaban J connectivity index is 1.79. The van der Waals surface area contributed by atoms with Crippen LogP contribution < -0.4 is 10.6 Å². The highest BCUT2D eigenvalue weighted by Gasteiger charge is 2.10. The molecule has 170 valence electrons. The summed E-state index contributed by atoms with van der Waals surface area (Å²) in [5.74, 6) is 0.908. The smallest absolute Gasteiger partial charge is 0.191 e. The molecule has 0 spiro atoms. The van der Waals surface area contributed by atoms with Gasteiger partial charge in [0, 0.05) is 32.2 Å². The maximum atomic E-state index is 5.43. The van der Waals surface area contributed by atoms with Crippen molar-refractivity contribution in [1.29, 1.82) is 0 Å². The number of nitrogens with zero attached hydrogens (tertiary/aromatic N) is 3. The summed E-state index contributed by atoms with van der Waals surface area (Å²) in [5.41, 5.74) is 2.60. The normalized spacial score (nSPS) is 16.6. The monoisotopic (exact) mass is 417 g/mol. The lowest BCUT2D eigenvalue weighted by Gasteiger charge is -2.26. The summed E-state index contributed by atoms with van der Waals surface area (Å²) in [4.78, 5) is 9.73. The van der Waals surface area contributed by atoms with Gasteiger partial charge in [-0.1, -0.05) is 38.1 Å². The van der Waals surface area contributed by atoms with Crippen LogP contribution in [0, 0.1) is 0 Å². The van der Waals surface area contributed by atoms with Gasteiger partial charge < -0.3 is 20.3 Å². The fourth-order valence-corrected chi connectivity index (χ4v) is 3.72. The summed E-state index contributed by atoms with van der Waals surface area (Å²) < 4.78 is 5.43. The molecule has 1 aliphatic heterocycles. The highest BCUT2D eigenvalue weighted by atomic mass is 16.5. The van der Waals surface area contributed by atoms with Crippen molar-refractivity contribution in [2.24, 2.45) is 4.99 Å². The average Bonchev–Trinajstić information content (AvgIpc) is 2.77. The second-order valence-corrected chi connectivity index (χ2v) is 8.11. The Bertz CT molecular complexity index is 594. The van der Waals surface area contributed by atoms with Gasteiger partial charge in [0.15, 0.2) is 5.96 Å². The molecule has 0 aliphatic carbocycles. The second-order valence-electron chi connectivity index (χ2n) is 8.11. The van der Waals surface area contributed by atoms with Crippen molar-refractivity contribution in [2.75, 3.05) is 52.5 Å². The van der Waals surface area contributed by atoms with Crippen LogP contribution in [0.15, 0.2) is 29.3 Å². The number of aliphatic imine (C=N–C) groups is 1. The number of hydrogen-bond acceptors (Lipinski definition) is 4. The first-order valence-electron chi connectivity index (χ1n) is 11.8. The van der Waals surface area contributed by atoms with Gasteiger partial charge in [0.25, 0.3) is 0 Å². The molecular formula is C24H43N5O. The molecule has 0 radical (unpaired) electrons. The van der Waals surface area contributed by atoms with E-state index in [2.05, 4.69) is 72.4 Å². The predicted molar refractivity (Wildman–Crippen MR) is 127 cm³/mol. The lowest BCUT2D eigenvalue weighted by Crippen LogP contribution is -2.42. The van der Waals surface area contributed by atoms with Gasteiger partial charge in [-0.3, -0.25) is 4.90 Å². The molecular weight excluding hydrogens is 374 g/mol. The van der Waals surface area contributed by atoms with Crippen LogP contribution in [-0.4, -0.2) is 74.3 Å². The van der Waals surface area contributed by atoms with Crippen LogP contribution in [-0.2, 0) is 17.8 Å². The minimum absolute atomic E-state index is 0.411. The van der Waals surface area contributed by atoms with E-state index in [0.29, 0.717) is 12.6 Å². The minimum Gasteiger partial charge on any atom is -0.379 e. The van der Waals surface area contributed by atoms with E-state index < -0.39 is 0 Å². The molecule has 0 bridgehead atoms. The topological polar surface area (TPSA) is 52.1 Å². The number of guanidine groups is 1. The van der Waals surface area contributed by atoms with Gasteiger partial charge in [-0.05, 0) is 57.5 Å². The predicted octanol–water partition coefficient (Wildman–Crippen LogP) is 3.08. The molecule has 6 nitrogen and oxygen atoms in total. The summed E-state index contributed by atoms with van der Waals surface area (Å²) in [6.45, 7) is 18.6. The van der Waals surface area contributed by atoms with Crippen molar-refractivity contribution >= 4 is 5.96 Å². The van der Waals surface area contributed by atoms with Crippen molar-refractivity contribution in [2.45, 2.75) is 59.7 Å². The van der Waals surface area contributed by atoms with E-state index in [-0.39, 0.29) is 0 Å². The highest BCUT2D eigenvalue weighted by Crippen LogP contribution is 2.10. The maximum absolute atomic E-state index is 5.43. The van der Waals surface area contributed by atoms with Gasteiger partial charge in [-0.15, -0.1) is 0 Å². The first kappa shape index (κ1) is 24.6. The molecule has 0 amide bonds. The van der Waals surface area contributed by atoms with Crippen LogP contribution in [0.5, 0.6) is 0 Å². The van der Waals surface area contributed by atoms with E-state index in [1.54, 1.807) is 0 Å². The van der Waals surface area contributed by atoms with E-state index in [1.165, 1.54) is 24.1 Å². The van der Waals surface area contributed by atoms with Crippen LogP contribution >= 0.6 is 0 Å². The lowest BCUT2D eigenvalue weighted by atomic mass is 10.1. The molecule has 1 atom stereocenters. The first-order valence-corrected chi connectivity index (χ1v) is 11.8. The molecule has 6 heteroatoms. The minimum atomic E-state index is 0.411. The summed E-state index contributed by atoms with van der Waals surface area (Å²) in [6, 6.07) is 9.29. The Kier molecular flexibility index (Phi) is 11.8. The zero-order valence-corrected chi connectivity index (χ0v) is 19.6. The van der Waals surface area contributed by atoms with Crippen molar-refractivity contribution < 1.29 is 4.74 Å². The van der Waals surface area contributed by atoms with Gasteiger partial charge in [0.1, 0.15) is 0 Å². The molecule has 0 saturated carbocycles. The SMILES string of the molecule is CCNC(=NCc1ccc(CN2CCOCC2)cc1)NC(C)CCCN(CC)CC. The summed E-state index contributed by atoms with van der Waals surface area (Å²) in [7, 11) is 0. The van der Waals surface area contributed by atoms with E-state index in [4.69, 9.17) is 9.73 Å². The van der Waals surface area contributed by atoms with E-state index in [0.717, 1.165) is 64.9 Å². The van der Waals surface area contributed by atoms with Gasteiger partial charge in [-0.2, -0.15) is 0 Å². The summed E-state index contributed by atoms with van der Waals surface area (Å²) in [5, 5.41) is 6.95. The number of hydrogen-bond donors (Lipinski definition) is 2. The van der Waals surface area contributed by atoms with E-state index in [9.17, 15) is 0 Å². The van der Waals surface area contributed by atoms with E-state index in [1.807, 2.05) is 0 Å². The molecule has 1 saturated heterocycles. The lowest BCUT2D eigenvalue weighted by molar-refractivity contribution is 0.0342. The van der Waals surface area contributed by atoms with Gasteiger partial charge >= 0.3 is 0 Å². The third-order valence-corrected chi connectivity index (χ3v) is 5.69. The van der Waals surface area contributed by atoms with Crippen molar-refractivity contribution in [3.63, 3.8) is 0 Å². The third-order valence-electron chi connectivity index (χ3n) is 5.69. The Labute approximate surface area is 184 Å². The average molecular weight is 418 g/mol. The van der Waals surface area contributed by atoms with Crippen molar-refractivity contribution in [3.8, 4) is 0 Å². The fourth-order valence-electron chi connectivity index (χ4n) is 3.72. The Hall–Kier alpha value is -1.63. The molecule has 1 aromatic carbocycles. The quantitative estimate of drug-likeness (QED) is 0.404. The number of rotatable bonds is 12. The Morgan fingerprint density at radius 2 is 1.77 bits per heavy atom. The number of morpholine rings is 1. The number of ether oxygens (including phenoxy) is 1. The molecule has 1 unspecified atom stereocenters. The highest BCUT2D eigenvalue weighted by molar-refractivity contribution is 5.80. The number of nitrogens with one attached hydrogen (secondary N) is 2. The summed E-state index contributed by atoms with van der Waals surface area (Å²) >= 11 is 0. The molecule has 1 aliphatic rings. The number of benzene rings is 1. The second kappa shape index (κ2) is 14.4. The van der Waals surface area contributed by atoms with Crippen LogP contribution in [0.1, 0.15) is 51.7 Å². The summed E-state index contributed by atoms with van der Waals surface area (Å²) in [6.07, 6.45) is 2.36. The Morgan fingerprint density at radius 3 is 2.40 bits per heavy atom. The third kappa shape index (κ3) is 9.45. The zero-order valence-electron chi connectivity index (χ0n) is 19.6. The zero-order chi connectivity index (χ0) is 21.6. The van der Waals surface area contributed by atoms with Gasteiger partial charge in [0.05, 0.1) is 19.8 Å². The molecule has 30 heavy (non-hydrogen) atoms. The molecule has 1 aromatic rings. The van der Waals surface area contributed by atoms with E-state index >= 15 is 0 Å². The molecule has 2 N–H and O–H groups in total. The Morgan fingerprint density at radius 1 is 1.10 bits per heavy atom. The van der Waals surface area contributed by atoms with Crippen LogP contribution in [0.25, 0.3) is 0 Å². The molecule has 1 heterocycles. The van der Waals surface area contributed by atoms with Crippen LogP contribution in [0.3, 0.4) is 0 Å². The largest absolute Gasteiger partial charge is 0.379 e. The fraction of sp³-hybridized carbons (Fsp3) is 0.708. The molecule has 0 aromatic heterocycles. The van der Waals surface area contributed by atoms with Crippen LogP contribution in [0.4, 0.5) is 0 Å². The van der Waals surface area contributed by atoms with Crippen molar-refractivity contribution in [3.05, 3.63) is 35.4 Å². The standard InChI is InChI=1S/C24H43N5O/c1-5-25-24(27-21(4)9-8-14-28(6-2)7-3)26-19-22-10-12-23(13-11-22)20-29-15-17-30-18-16-29/h10-13,21H,5-9,14-20H2,1-4H3,(H2,25,26,27). The van der Waals surface area contributed by atoms with Crippen molar-refractivity contribution in [1.82, 2.24) is 20.4 Å². The first-order chi connectivity index (χ1) is 14.6. The van der Waals surface area contributed by atoms with Crippen LogP contribution in [0.2, 0.25) is 0 Å². The molecule has 2 rings (SSSR count). The van der Waals surface area contributed by atoms with Gasteiger partial charge in [0.2, 0.25) is 0 Å². The molecule has 1 fully saturated rings.